The van der Waals surface area contributed by atoms with Gasteiger partial charge in [0.05, 0.1) is 24.3 Å². The normalized spacial score (nSPS) is 11.7. The average molecular weight is 535 g/mol. The Kier molecular flexibility index (Phi) is 13.1. The van der Waals surface area contributed by atoms with Gasteiger partial charge in [-0.05, 0) is 35.2 Å². The van der Waals surface area contributed by atoms with Crippen LogP contribution in [0.3, 0.4) is 0 Å². The van der Waals surface area contributed by atoms with E-state index in [0.29, 0.717) is 17.4 Å². The van der Waals surface area contributed by atoms with Gasteiger partial charge in [-0.25, -0.2) is 18.9 Å². The lowest BCUT2D eigenvalue weighted by atomic mass is 10.0. The summed E-state index contributed by atoms with van der Waals surface area (Å²) in [6, 6.07) is 13.3. The van der Waals surface area contributed by atoms with Crippen LogP contribution in [0, 0.1) is 0 Å². The molecule has 0 saturated heterocycles. The number of nitrogens with zero attached hydrogens (tertiary/aromatic N) is 3. The molecule has 204 valence electrons. The highest BCUT2D eigenvalue weighted by atomic mass is 32.2. The molecule has 0 aliphatic heterocycles. The third-order valence-corrected chi connectivity index (χ3v) is 6.86. The number of rotatable bonds is 9. The number of nitrogens with one attached hydrogen (secondary N) is 1. The van der Waals surface area contributed by atoms with E-state index in [0.717, 1.165) is 22.9 Å². The maximum atomic E-state index is 12.9. The summed E-state index contributed by atoms with van der Waals surface area (Å²) in [6.07, 6.45) is 2.05. The van der Waals surface area contributed by atoms with E-state index in [-0.39, 0.29) is 18.5 Å². The van der Waals surface area contributed by atoms with Crippen molar-refractivity contribution in [2.45, 2.75) is 52.5 Å². The first-order valence-corrected chi connectivity index (χ1v) is 14.1. The van der Waals surface area contributed by atoms with Gasteiger partial charge in [-0.1, -0.05) is 58.0 Å². The highest BCUT2D eigenvalue weighted by molar-refractivity contribution is 7.92. The molecule has 1 unspecified atom stereocenters. The van der Waals surface area contributed by atoms with Crippen LogP contribution in [0.25, 0.3) is 22.0 Å². The molecule has 2 aromatic carbocycles. The minimum Gasteiger partial charge on any atom is -0.302 e. The number of benzene rings is 2. The van der Waals surface area contributed by atoms with Crippen molar-refractivity contribution < 1.29 is 23.3 Å². The molecule has 1 aromatic heterocycles. The molecule has 3 aromatic rings. The van der Waals surface area contributed by atoms with E-state index in [1.54, 1.807) is 18.2 Å². The minimum atomic E-state index is -3.77. The molecule has 0 aliphatic rings. The Balaban J connectivity index is 0.00000163. The fourth-order valence-electron chi connectivity index (χ4n) is 3.49. The second kappa shape index (κ2) is 15.2. The number of aromatic nitrogens is 2. The topological polar surface area (TPSA) is 131 Å². The zero-order chi connectivity index (χ0) is 28.2. The average Bonchev–Trinajstić information content (AvgIpc) is 2.91. The SMILES string of the molecule is CC.CC.CON(C)Cc1ccc(-c2ccc3c(=O)n(CCC(C(=O)NO)S(C)(=O)=O)cnc3c2)cc1. The van der Waals surface area contributed by atoms with Gasteiger partial charge < -0.3 is 4.84 Å². The molecule has 1 atom stereocenters. The van der Waals surface area contributed by atoms with Gasteiger partial charge in [0.1, 0.15) is 5.25 Å². The van der Waals surface area contributed by atoms with Gasteiger partial charge in [0.15, 0.2) is 9.84 Å². The molecular weight excluding hydrogens is 496 g/mol. The third-order valence-electron chi connectivity index (χ3n) is 5.38. The van der Waals surface area contributed by atoms with Gasteiger partial charge in [-0.3, -0.25) is 19.4 Å². The fraction of sp³-hybridized carbons (Fsp3) is 0.423. The summed E-state index contributed by atoms with van der Waals surface area (Å²) in [4.78, 5) is 34.0. The second-order valence-electron chi connectivity index (χ2n) is 7.72. The number of amides is 1. The Morgan fingerprint density at radius 3 is 2.24 bits per heavy atom. The van der Waals surface area contributed by atoms with Crippen molar-refractivity contribution in [3.63, 3.8) is 0 Å². The molecule has 0 bridgehead atoms. The monoisotopic (exact) mass is 534 g/mol. The predicted molar refractivity (Wildman–Crippen MR) is 146 cm³/mol. The van der Waals surface area contributed by atoms with Crippen LogP contribution in [0.15, 0.2) is 53.6 Å². The lowest BCUT2D eigenvalue weighted by molar-refractivity contribution is -0.128. The summed E-state index contributed by atoms with van der Waals surface area (Å²) >= 11 is 0. The molecule has 0 spiro atoms. The molecule has 0 saturated carbocycles. The Hall–Kier alpha value is -3.12. The summed E-state index contributed by atoms with van der Waals surface area (Å²) in [6.45, 7) is 8.60. The van der Waals surface area contributed by atoms with Crippen LogP contribution in [0.4, 0.5) is 0 Å². The van der Waals surface area contributed by atoms with Gasteiger partial charge >= 0.3 is 0 Å². The first-order valence-electron chi connectivity index (χ1n) is 12.1. The number of fused-ring (bicyclic) bond motifs is 1. The van der Waals surface area contributed by atoms with E-state index in [1.807, 2.05) is 71.1 Å². The Morgan fingerprint density at radius 2 is 1.70 bits per heavy atom. The van der Waals surface area contributed by atoms with Crippen LogP contribution in [-0.2, 0) is 32.6 Å². The standard InChI is InChI=1S/C22H26N4O6S.2C2H6/c1-25(32-2)13-15-4-6-16(7-5-15)17-8-9-18-19(12-17)23-14-26(22(18)28)11-10-20(21(27)24-29)33(3,30)31;2*1-2/h4-9,12,14,20,29H,10-11,13H2,1-3H3,(H,24,27);2*1-2H3. The van der Waals surface area contributed by atoms with E-state index in [2.05, 4.69) is 4.98 Å². The minimum absolute atomic E-state index is 0.0495. The molecule has 0 aliphatic carbocycles. The molecule has 11 heteroatoms. The van der Waals surface area contributed by atoms with Gasteiger partial charge in [-0.15, -0.1) is 0 Å². The number of carbonyl (C=O) groups excluding carboxylic acids is 1. The van der Waals surface area contributed by atoms with E-state index in [1.165, 1.54) is 16.4 Å². The Morgan fingerprint density at radius 1 is 1.11 bits per heavy atom. The van der Waals surface area contributed by atoms with Gasteiger partial charge in [0.2, 0.25) is 0 Å². The van der Waals surface area contributed by atoms with Crippen LogP contribution >= 0.6 is 0 Å². The lowest BCUT2D eigenvalue weighted by Crippen LogP contribution is -2.39. The molecule has 10 nitrogen and oxygen atoms in total. The quantitative estimate of drug-likeness (QED) is 0.315. The van der Waals surface area contributed by atoms with Gasteiger partial charge in [-0.2, -0.15) is 5.06 Å². The van der Waals surface area contributed by atoms with E-state index in [4.69, 9.17) is 10.0 Å². The fourth-order valence-corrected chi connectivity index (χ4v) is 4.46. The number of hydrogen-bond acceptors (Lipinski definition) is 8. The first kappa shape index (κ1) is 31.9. The van der Waals surface area contributed by atoms with Crippen molar-refractivity contribution in [2.75, 3.05) is 20.4 Å². The molecular formula is C26H38N4O6S. The molecule has 1 heterocycles. The van der Waals surface area contributed by atoms with Gasteiger partial charge in [0, 0.05) is 26.4 Å². The van der Waals surface area contributed by atoms with Crippen molar-refractivity contribution in [1.82, 2.24) is 20.1 Å². The molecule has 37 heavy (non-hydrogen) atoms. The largest absolute Gasteiger partial charge is 0.302 e. The van der Waals surface area contributed by atoms with Crippen molar-refractivity contribution in [2.24, 2.45) is 0 Å². The number of sulfone groups is 1. The van der Waals surface area contributed by atoms with Crippen molar-refractivity contribution in [1.29, 1.82) is 0 Å². The maximum Gasteiger partial charge on any atom is 0.261 e. The third kappa shape index (κ3) is 8.74. The van der Waals surface area contributed by atoms with Crippen LogP contribution in [0.2, 0.25) is 0 Å². The summed E-state index contributed by atoms with van der Waals surface area (Å²) in [5.41, 5.74) is 4.48. The Labute approximate surface area is 218 Å². The van der Waals surface area contributed by atoms with Crippen molar-refractivity contribution >= 4 is 26.6 Å². The maximum absolute atomic E-state index is 12.9. The van der Waals surface area contributed by atoms with E-state index < -0.39 is 21.0 Å². The van der Waals surface area contributed by atoms with Crippen LogP contribution in [-0.4, -0.2) is 59.8 Å². The van der Waals surface area contributed by atoms with E-state index >= 15 is 0 Å². The second-order valence-corrected chi connectivity index (χ2v) is 9.95. The number of aryl methyl sites for hydroxylation is 1. The summed E-state index contributed by atoms with van der Waals surface area (Å²) in [5, 5.41) is 9.41. The molecule has 0 fully saturated rings. The molecule has 2 N–H and O–H groups in total. The molecule has 1 amide bonds. The molecule has 0 radical (unpaired) electrons. The number of hydroxylamine groups is 3. The van der Waals surface area contributed by atoms with Crippen LogP contribution < -0.4 is 11.0 Å². The lowest BCUT2D eigenvalue weighted by Gasteiger charge is -2.14. The van der Waals surface area contributed by atoms with Crippen LogP contribution in [0.5, 0.6) is 0 Å². The first-order chi connectivity index (χ1) is 17.6. The van der Waals surface area contributed by atoms with E-state index in [9.17, 15) is 18.0 Å². The zero-order valence-electron chi connectivity index (χ0n) is 22.6. The predicted octanol–water partition coefficient (Wildman–Crippen LogP) is 3.42. The molecule has 3 rings (SSSR count). The van der Waals surface area contributed by atoms with Crippen LogP contribution in [0.1, 0.15) is 39.7 Å². The highest BCUT2D eigenvalue weighted by Gasteiger charge is 2.28. The Bertz CT molecular complexity index is 1310. The van der Waals surface area contributed by atoms with Crippen molar-refractivity contribution in [3.05, 3.63) is 64.7 Å². The zero-order valence-corrected chi connectivity index (χ0v) is 23.4. The summed E-state index contributed by atoms with van der Waals surface area (Å²) in [5.74, 6) is -1.04. The van der Waals surface area contributed by atoms with Crippen molar-refractivity contribution in [3.8, 4) is 11.1 Å². The number of hydrogen-bond donors (Lipinski definition) is 2. The number of carbonyl (C=O) groups is 1. The van der Waals surface area contributed by atoms with Gasteiger partial charge in [0.25, 0.3) is 11.5 Å². The smallest absolute Gasteiger partial charge is 0.261 e. The highest BCUT2D eigenvalue weighted by Crippen LogP contribution is 2.23. The summed E-state index contributed by atoms with van der Waals surface area (Å²) < 4.78 is 24.9. The summed E-state index contributed by atoms with van der Waals surface area (Å²) in [7, 11) is -0.310.